The molecule has 1 atom stereocenters. The summed E-state index contributed by atoms with van der Waals surface area (Å²) in [6, 6.07) is 4.47. The molecule has 94 valence electrons. The van der Waals surface area contributed by atoms with Crippen molar-refractivity contribution in [2.24, 2.45) is 0 Å². The fourth-order valence-corrected chi connectivity index (χ4v) is 2.87. The molecule has 1 unspecified atom stereocenters. The molecule has 0 heterocycles. The van der Waals surface area contributed by atoms with Crippen molar-refractivity contribution in [3.05, 3.63) is 23.3 Å². The van der Waals surface area contributed by atoms with E-state index in [0.29, 0.717) is 6.04 Å². The molecule has 0 saturated heterocycles. The van der Waals surface area contributed by atoms with Crippen LogP contribution in [0, 0.1) is 0 Å². The van der Waals surface area contributed by atoms with Crippen molar-refractivity contribution < 1.29 is 9.47 Å². The Morgan fingerprint density at radius 2 is 1.94 bits per heavy atom. The summed E-state index contributed by atoms with van der Waals surface area (Å²) < 4.78 is 10.9. The predicted molar refractivity (Wildman–Crippen MR) is 69.0 cm³/mol. The first-order valence-electron chi connectivity index (χ1n) is 5.97. The third kappa shape index (κ3) is 1.89. The zero-order chi connectivity index (χ0) is 12.6. The van der Waals surface area contributed by atoms with Gasteiger partial charge in [-0.3, -0.25) is 0 Å². The Morgan fingerprint density at radius 3 is 2.47 bits per heavy atom. The number of methoxy groups -OCH3 is 2. The second-order valence-corrected chi connectivity index (χ2v) is 5.22. The fraction of sp³-hybridized carbons (Fsp3) is 0.571. The largest absolute Gasteiger partial charge is 0.497 e. The Hall–Kier alpha value is -1.22. The van der Waals surface area contributed by atoms with Gasteiger partial charge in [-0.1, -0.05) is 13.8 Å². The molecule has 17 heavy (non-hydrogen) atoms. The normalized spacial score (nSPS) is 21.1. The van der Waals surface area contributed by atoms with Gasteiger partial charge in [-0.2, -0.15) is 0 Å². The van der Waals surface area contributed by atoms with Crippen LogP contribution < -0.4 is 14.8 Å². The molecule has 1 N–H and O–H groups in total. The maximum atomic E-state index is 5.52. The molecule has 2 rings (SSSR count). The molecule has 0 aromatic heterocycles. The van der Waals surface area contributed by atoms with Crippen molar-refractivity contribution in [1.82, 2.24) is 5.32 Å². The molecule has 0 aliphatic heterocycles. The molecular weight excluding hydrogens is 214 g/mol. The lowest BCUT2D eigenvalue weighted by atomic mass is 9.86. The summed E-state index contributed by atoms with van der Waals surface area (Å²) in [5.74, 6) is 1.79. The summed E-state index contributed by atoms with van der Waals surface area (Å²) in [4.78, 5) is 0. The first kappa shape index (κ1) is 12.2. The first-order valence-corrected chi connectivity index (χ1v) is 5.97. The lowest BCUT2D eigenvalue weighted by Gasteiger charge is -2.21. The molecule has 0 bridgehead atoms. The fourth-order valence-electron chi connectivity index (χ4n) is 2.87. The highest BCUT2D eigenvalue weighted by Crippen LogP contribution is 2.50. The average Bonchev–Trinajstić information content (AvgIpc) is 2.59. The molecule has 0 amide bonds. The molecule has 1 aromatic rings. The van der Waals surface area contributed by atoms with Gasteiger partial charge in [0.2, 0.25) is 0 Å². The Morgan fingerprint density at radius 1 is 1.24 bits per heavy atom. The Labute approximate surface area is 103 Å². The van der Waals surface area contributed by atoms with Crippen LogP contribution in [0.4, 0.5) is 0 Å². The average molecular weight is 235 g/mol. The second kappa shape index (κ2) is 4.22. The molecule has 1 aliphatic rings. The van der Waals surface area contributed by atoms with Crippen molar-refractivity contribution in [3.63, 3.8) is 0 Å². The zero-order valence-electron chi connectivity index (χ0n) is 11.3. The van der Waals surface area contributed by atoms with Gasteiger partial charge in [0.25, 0.3) is 0 Å². The lowest BCUT2D eigenvalue weighted by molar-refractivity contribution is 0.380. The zero-order valence-corrected chi connectivity index (χ0v) is 11.3. The SMILES string of the molecule is CNC1CC(C)(C)c2c(OC)cc(OC)cc21. The summed E-state index contributed by atoms with van der Waals surface area (Å²) >= 11 is 0. The third-order valence-corrected chi connectivity index (χ3v) is 3.68. The number of nitrogens with one attached hydrogen (secondary N) is 1. The highest BCUT2D eigenvalue weighted by Gasteiger charge is 2.39. The minimum absolute atomic E-state index is 0.140. The Bertz CT molecular complexity index is 426. The number of hydrogen-bond acceptors (Lipinski definition) is 3. The van der Waals surface area contributed by atoms with E-state index in [-0.39, 0.29) is 5.41 Å². The van der Waals surface area contributed by atoms with E-state index in [1.54, 1.807) is 14.2 Å². The van der Waals surface area contributed by atoms with Crippen LogP contribution in [-0.2, 0) is 5.41 Å². The summed E-state index contributed by atoms with van der Waals surface area (Å²) in [6.45, 7) is 4.52. The van der Waals surface area contributed by atoms with E-state index in [4.69, 9.17) is 9.47 Å². The van der Waals surface area contributed by atoms with Crippen LogP contribution in [0.1, 0.15) is 37.4 Å². The van der Waals surface area contributed by atoms with Crippen LogP contribution in [0.3, 0.4) is 0 Å². The van der Waals surface area contributed by atoms with E-state index >= 15 is 0 Å². The Balaban J connectivity index is 2.62. The van der Waals surface area contributed by atoms with Crippen LogP contribution in [0.25, 0.3) is 0 Å². The van der Waals surface area contributed by atoms with Crippen molar-refractivity contribution in [2.75, 3.05) is 21.3 Å². The van der Waals surface area contributed by atoms with Gasteiger partial charge in [-0.15, -0.1) is 0 Å². The van der Waals surface area contributed by atoms with E-state index in [1.165, 1.54) is 11.1 Å². The molecule has 0 spiro atoms. The van der Waals surface area contributed by atoms with Gasteiger partial charge in [-0.05, 0) is 30.5 Å². The van der Waals surface area contributed by atoms with Crippen LogP contribution >= 0.6 is 0 Å². The van der Waals surface area contributed by atoms with Crippen LogP contribution in [0.5, 0.6) is 11.5 Å². The molecule has 0 fully saturated rings. The van der Waals surface area contributed by atoms with E-state index in [1.807, 2.05) is 13.1 Å². The van der Waals surface area contributed by atoms with Crippen molar-refractivity contribution in [1.29, 1.82) is 0 Å². The molecular formula is C14H21NO2. The summed E-state index contributed by atoms with van der Waals surface area (Å²) in [6.07, 6.45) is 1.09. The van der Waals surface area contributed by atoms with Crippen molar-refractivity contribution in [2.45, 2.75) is 31.7 Å². The summed E-state index contributed by atoms with van der Waals surface area (Å²) in [7, 11) is 5.41. The molecule has 0 saturated carbocycles. The smallest absolute Gasteiger partial charge is 0.126 e. The van der Waals surface area contributed by atoms with Crippen molar-refractivity contribution >= 4 is 0 Å². The van der Waals surface area contributed by atoms with Gasteiger partial charge in [0.05, 0.1) is 14.2 Å². The van der Waals surface area contributed by atoms with E-state index in [2.05, 4.69) is 25.2 Å². The summed E-state index contributed by atoms with van der Waals surface area (Å²) in [5, 5.41) is 3.37. The molecule has 3 heteroatoms. The van der Waals surface area contributed by atoms with Gasteiger partial charge in [0, 0.05) is 17.7 Å². The lowest BCUT2D eigenvalue weighted by Crippen LogP contribution is -2.17. The minimum atomic E-state index is 0.140. The van der Waals surface area contributed by atoms with E-state index < -0.39 is 0 Å². The highest BCUT2D eigenvalue weighted by atomic mass is 16.5. The standard InChI is InChI=1S/C14H21NO2/c1-14(2)8-11(15-3)10-6-9(16-4)7-12(17-5)13(10)14/h6-7,11,15H,8H2,1-5H3. The van der Waals surface area contributed by atoms with Crippen LogP contribution in [0.15, 0.2) is 12.1 Å². The molecule has 1 aliphatic carbocycles. The molecule has 1 aromatic carbocycles. The van der Waals surface area contributed by atoms with Crippen molar-refractivity contribution in [3.8, 4) is 11.5 Å². The van der Waals surface area contributed by atoms with Gasteiger partial charge >= 0.3 is 0 Å². The topological polar surface area (TPSA) is 30.5 Å². The van der Waals surface area contributed by atoms with Gasteiger partial charge in [-0.25, -0.2) is 0 Å². The first-order chi connectivity index (χ1) is 8.03. The maximum absolute atomic E-state index is 5.52. The summed E-state index contributed by atoms with van der Waals surface area (Å²) in [5.41, 5.74) is 2.74. The quantitative estimate of drug-likeness (QED) is 0.873. The van der Waals surface area contributed by atoms with Gasteiger partial charge in [0.1, 0.15) is 11.5 Å². The van der Waals surface area contributed by atoms with E-state index in [0.717, 1.165) is 17.9 Å². The van der Waals surface area contributed by atoms with Crippen LogP contribution in [-0.4, -0.2) is 21.3 Å². The Kier molecular flexibility index (Phi) is 3.04. The predicted octanol–water partition coefficient (Wildman–Crippen LogP) is 2.65. The minimum Gasteiger partial charge on any atom is -0.497 e. The molecule has 0 radical (unpaired) electrons. The number of fused-ring (bicyclic) bond motifs is 1. The van der Waals surface area contributed by atoms with Crippen LogP contribution in [0.2, 0.25) is 0 Å². The number of rotatable bonds is 3. The molecule has 3 nitrogen and oxygen atoms in total. The highest BCUT2D eigenvalue weighted by molar-refractivity contribution is 5.54. The van der Waals surface area contributed by atoms with E-state index in [9.17, 15) is 0 Å². The second-order valence-electron chi connectivity index (χ2n) is 5.22. The van der Waals surface area contributed by atoms with Gasteiger partial charge in [0.15, 0.2) is 0 Å². The number of benzene rings is 1. The number of ether oxygens (including phenoxy) is 2. The maximum Gasteiger partial charge on any atom is 0.126 e. The monoisotopic (exact) mass is 235 g/mol. The van der Waals surface area contributed by atoms with Gasteiger partial charge < -0.3 is 14.8 Å². The third-order valence-electron chi connectivity index (χ3n) is 3.68. The number of hydrogen-bond donors (Lipinski definition) is 1.